The first-order valence-corrected chi connectivity index (χ1v) is 12.8. The van der Waals surface area contributed by atoms with Gasteiger partial charge in [-0.15, -0.1) is 0 Å². The van der Waals surface area contributed by atoms with E-state index in [-0.39, 0.29) is 24.2 Å². The summed E-state index contributed by atoms with van der Waals surface area (Å²) in [5.74, 6) is -0.515. The average Bonchev–Trinajstić information content (AvgIpc) is 2.88. The molecule has 0 saturated carbocycles. The summed E-state index contributed by atoms with van der Waals surface area (Å²) in [6.45, 7) is 6.25. The Bertz CT molecular complexity index is 1210. The first-order valence-electron chi connectivity index (χ1n) is 12.8. The zero-order valence-electron chi connectivity index (χ0n) is 20.7. The minimum atomic E-state index is -0.556. The predicted octanol–water partition coefficient (Wildman–Crippen LogP) is 6.27. The van der Waals surface area contributed by atoms with Crippen molar-refractivity contribution in [2.24, 2.45) is 5.92 Å². The van der Waals surface area contributed by atoms with Crippen LogP contribution in [0.4, 0.5) is 19.3 Å². The Labute approximate surface area is 211 Å². The van der Waals surface area contributed by atoms with Crippen molar-refractivity contribution in [3.05, 3.63) is 101 Å². The lowest BCUT2D eigenvalue weighted by Crippen LogP contribution is -2.65. The van der Waals surface area contributed by atoms with Gasteiger partial charge < -0.3 is 9.22 Å². The van der Waals surface area contributed by atoms with Gasteiger partial charge >= 0.3 is 6.09 Å². The first kappa shape index (κ1) is 24.4. The summed E-state index contributed by atoms with van der Waals surface area (Å²) in [5, 5.41) is 0. The molecule has 36 heavy (non-hydrogen) atoms. The number of rotatable bonds is 7. The number of fused-ring (bicyclic) bond motifs is 3. The molecule has 3 heterocycles. The second-order valence-electron chi connectivity index (χ2n) is 10.4. The number of carbonyl (C=O) groups excluding carboxylic acids is 1. The Hall–Kier alpha value is -3.25. The monoisotopic (exact) mass is 491 g/mol. The fourth-order valence-corrected chi connectivity index (χ4v) is 5.79. The number of nitrogens with zero attached hydrogens (tertiary/aromatic N) is 2. The van der Waals surface area contributed by atoms with E-state index in [1.54, 1.807) is 30.3 Å². The van der Waals surface area contributed by atoms with E-state index in [9.17, 15) is 13.6 Å². The first-order chi connectivity index (χ1) is 17.4. The molecule has 3 saturated heterocycles. The second-order valence-corrected chi connectivity index (χ2v) is 10.4. The van der Waals surface area contributed by atoms with Crippen molar-refractivity contribution in [3.8, 4) is 0 Å². The molecule has 3 aliphatic rings. The van der Waals surface area contributed by atoms with Crippen molar-refractivity contribution in [1.29, 1.82) is 0 Å². The summed E-state index contributed by atoms with van der Waals surface area (Å²) in [5.41, 5.74) is 3.48. The molecule has 6 rings (SSSR count). The number of piperidine rings is 3. The molecule has 3 aromatic carbocycles. The molecule has 3 aliphatic heterocycles. The van der Waals surface area contributed by atoms with E-state index < -0.39 is 11.9 Å². The van der Waals surface area contributed by atoms with Crippen LogP contribution in [0.15, 0.2) is 72.8 Å². The van der Waals surface area contributed by atoms with E-state index in [1.807, 2.05) is 0 Å². The molecule has 188 valence electrons. The van der Waals surface area contributed by atoms with Crippen LogP contribution in [0.2, 0.25) is 0 Å². The molecule has 1 atom stereocenters. The zero-order chi connectivity index (χ0) is 25.1. The minimum absolute atomic E-state index is 0.102. The van der Waals surface area contributed by atoms with Gasteiger partial charge in [0.15, 0.2) is 6.10 Å². The Morgan fingerprint density at radius 2 is 1.72 bits per heavy atom. The number of para-hydroxylation sites is 1. The number of amides is 1. The van der Waals surface area contributed by atoms with E-state index in [4.69, 9.17) is 4.74 Å². The molecule has 0 aliphatic carbocycles. The van der Waals surface area contributed by atoms with Gasteiger partial charge in [0.25, 0.3) is 0 Å². The smallest absolute Gasteiger partial charge is 0.415 e. The third kappa shape index (κ3) is 5.44. The van der Waals surface area contributed by atoms with Gasteiger partial charge in [0.1, 0.15) is 18.2 Å². The molecule has 0 N–H and O–H groups in total. The lowest BCUT2D eigenvalue weighted by Gasteiger charge is -2.52. The molecule has 0 spiro atoms. The minimum Gasteiger partial charge on any atom is -0.440 e. The summed E-state index contributed by atoms with van der Waals surface area (Å²) in [6, 6.07) is 20.8. The normalized spacial score (nSPS) is 22.9. The highest BCUT2D eigenvalue weighted by atomic mass is 19.1. The van der Waals surface area contributed by atoms with Crippen LogP contribution in [0.25, 0.3) is 0 Å². The highest BCUT2D eigenvalue weighted by Gasteiger charge is 2.47. The van der Waals surface area contributed by atoms with Crippen molar-refractivity contribution in [2.45, 2.75) is 38.8 Å². The Morgan fingerprint density at radius 1 is 0.972 bits per heavy atom. The van der Waals surface area contributed by atoms with E-state index in [0.29, 0.717) is 11.5 Å². The summed E-state index contributed by atoms with van der Waals surface area (Å²) in [4.78, 5) is 14.8. The van der Waals surface area contributed by atoms with Crippen molar-refractivity contribution in [3.63, 3.8) is 0 Å². The van der Waals surface area contributed by atoms with Gasteiger partial charge in [-0.2, -0.15) is 0 Å². The van der Waals surface area contributed by atoms with Crippen LogP contribution in [0.3, 0.4) is 0 Å². The lowest BCUT2D eigenvalue weighted by atomic mass is 9.83. The molecule has 1 unspecified atom stereocenters. The SMILES string of the molecule is Cc1cccc(CC[N+]23CCC(CC2)C(OC(=O)N(Cc2ccc(F)cc2)c2ccccc2F)C3)c1. The molecule has 3 aromatic rings. The Balaban J connectivity index is 1.31. The van der Waals surface area contributed by atoms with Gasteiger partial charge in [-0.05, 0) is 42.3 Å². The van der Waals surface area contributed by atoms with Crippen LogP contribution in [0, 0.1) is 24.5 Å². The molecule has 0 radical (unpaired) electrons. The van der Waals surface area contributed by atoms with E-state index >= 15 is 0 Å². The molecular formula is C30H33F2N2O2+. The average molecular weight is 492 g/mol. The molecule has 3 fully saturated rings. The van der Waals surface area contributed by atoms with Crippen LogP contribution >= 0.6 is 0 Å². The van der Waals surface area contributed by atoms with Gasteiger partial charge in [-0.25, -0.2) is 13.6 Å². The van der Waals surface area contributed by atoms with Gasteiger partial charge in [0.2, 0.25) is 0 Å². The van der Waals surface area contributed by atoms with E-state index in [2.05, 4.69) is 31.2 Å². The highest BCUT2D eigenvalue weighted by Crippen LogP contribution is 2.36. The number of aryl methyl sites for hydroxylation is 1. The van der Waals surface area contributed by atoms with Crippen molar-refractivity contribution < 1.29 is 22.8 Å². The molecule has 6 heteroatoms. The standard InChI is InChI=1S/C30H33F2N2O2/c1-22-5-4-6-23(19-22)13-16-34-17-14-25(15-18-34)29(21-34)36-30(35)33(28-8-3-2-7-27(28)32)20-24-9-11-26(31)12-10-24/h2-12,19,25,29H,13-18,20-21H2,1H3/q+1. The number of hydrogen-bond donors (Lipinski definition) is 0. The highest BCUT2D eigenvalue weighted by molar-refractivity contribution is 5.87. The molecule has 4 nitrogen and oxygen atoms in total. The maximum Gasteiger partial charge on any atom is 0.415 e. The third-order valence-electron chi connectivity index (χ3n) is 7.87. The van der Waals surface area contributed by atoms with Crippen LogP contribution < -0.4 is 4.90 Å². The number of ether oxygens (including phenoxy) is 1. The molecule has 1 amide bonds. The molecular weight excluding hydrogens is 458 g/mol. The summed E-state index contributed by atoms with van der Waals surface area (Å²) < 4.78 is 35.2. The molecule has 2 bridgehead atoms. The van der Waals surface area contributed by atoms with Gasteiger partial charge in [0, 0.05) is 25.2 Å². The maximum atomic E-state index is 14.7. The largest absolute Gasteiger partial charge is 0.440 e. The zero-order valence-corrected chi connectivity index (χ0v) is 20.7. The van der Waals surface area contributed by atoms with Gasteiger partial charge in [-0.1, -0.05) is 54.1 Å². The quantitative estimate of drug-likeness (QED) is 0.365. The van der Waals surface area contributed by atoms with Gasteiger partial charge in [0.05, 0.1) is 31.9 Å². The van der Waals surface area contributed by atoms with Crippen LogP contribution in [-0.2, 0) is 17.7 Å². The number of anilines is 1. The summed E-state index contributed by atoms with van der Waals surface area (Å²) in [7, 11) is 0. The number of halogens is 2. The topological polar surface area (TPSA) is 29.5 Å². The van der Waals surface area contributed by atoms with E-state index in [0.717, 1.165) is 49.9 Å². The van der Waals surface area contributed by atoms with Crippen LogP contribution in [0.1, 0.15) is 29.5 Å². The second kappa shape index (κ2) is 10.4. The van der Waals surface area contributed by atoms with Crippen molar-refractivity contribution in [2.75, 3.05) is 31.1 Å². The van der Waals surface area contributed by atoms with E-state index in [1.165, 1.54) is 34.2 Å². The number of quaternary nitrogens is 1. The van der Waals surface area contributed by atoms with Crippen LogP contribution in [0.5, 0.6) is 0 Å². The summed E-state index contributed by atoms with van der Waals surface area (Å²) >= 11 is 0. The Morgan fingerprint density at radius 3 is 2.44 bits per heavy atom. The van der Waals surface area contributed by atoms with Crippen molar-refractivity contribution in [1.82, 2.24) is 0 Å². The van der Waals surface area contributed by atoms with Crippen molar-refractivity contribution >= 4 is 11.8 Å². The lowest BCUT2D eigenvalue weighted by molar-refractivity contribution is -0.945. The molecule has 0 aromatic heterocycles. The van der Waals surface area contributed by atoms with Crippen LogP contribution in [-0.4, -0.2) is 42.9 Å². The predicted molar refractivity (Wildman–Crippen MR) is 137 cm³/mol. The fraction of sp³-hybridized carbons (Fsp3) is 0.367. The summed E-state index contributed by atoms with van der Waals surface area (Å²) in [6.07, 6.45) is 2.31. The number of carbonyl (C=O) groups is 1. The maximum absolute atomic E-state index is 14.7. The van der Waals surface area contributed by atoms with Gasteiger partial charge in [-0.3, -0.25) is 4.90 Å². The third-order valence-corrected chi connectivity index (χ3v) is 7.87. The number of hydrogen-bond acceptors (Lipinski definition) is 2. The fourth-order valence-electron chi connectivity index (χ4n) is 5.79. The Kier molecular flexibility index (Phi) is 7.06. The number of benzene rings is 3.